The van der Waals surface area contributed by atoms with Crippen LogP contribution < -0.4 is 10.6 Å². The second-order valence-corrected chi connectivity index (χ2v) is 6.02. The minimum atomic E-state index is -0.739. The van der Waals surface area contributed by atoms with Crippen molar-refractivity contribution in [2.45, 2.75) is 25.3 Å². The Labute approximate surface area is 158 Å². The van der Waals surface area contributed by atoms with E-state index < -0.39 is 23.8 Å². The number of esters is 1. The highest BCUT2D eigenvalue weighted by molar-refractivity contribution is 5.93. The summed E-state index contributed by atoms with van der Waals surface area (Å²) >= 11 is 0. The van der Waals surface area contributed by atoms with Gasteiger partial charge in [0.05, 0.1) is 13.0 Å². The standard InChI is InChI=1S/C21H24N2O4/c1-3-17(20(25)22-14-18(24)27-2)23-21(26)19(15-10-6-4-7-11-15)16-12-8-5-9-13-16/h4-13,17,19H,3,14H2,1-2H3,(H,22,25)(H,23,26). The van der Waals surface area contributed by atoms with E-state index in [1.54, 1.807) is 6.92 Å². The van der Waals surface area contributed by atoms with Gasteiger partial charge in [-0.2, -0.15) is 0 Å². The zero-order chi connectivity index (χ0) is 19.6. The lowest BCUT2D eigenvalue weighted by molar-refractivity contribution is -0.141. The normalized spacial score (nSPS) is 11.5. The first kappa shape index (κ1) is 20.2. The molecular weight excluding hydrogens is 344 g/mol. The molecule has 0 aromatic heterocycles. The number of ether oxygens (including phenoxy) is 1. The van der Waals surface area contributed by atoms with Gasteiger partial charge in [-0.25, -0.2) is 0 Å². The number of carbonyl (C=O) groups is 3. The maximum atomic E-state index is 13.0. The Morgan fingerprint density at radius 1 is 0.889 bits per heavy atom. The minimum Gasteiger partial charge on any atom is -0.468 e. The average Bonchev–Trinajstić information content (AvgIpc) is 2.71. The molecule has 0 aliphatic heterocycles. The molecule has 0 aliphatic rings. The van der Waals surface area contributed by atoms with Crippen LogP contribution >= 0.6 is 0 Å². The molecule has 6 nitrogen and oxygen atoms in total. The Bertz CT molecular complexity index is 723. The maximum Gasteiger partial charge on any atom is 0.325 e. The van der Waals surface area contributed by atoms with Crippen LogP contribution in [0.4, 0.5) is 0 Å². The number of amides is 2. The highest BCUT2D eigenvalue weighted by Crippen LogP contribution is 2.25. The number of methoxy groups -OCH3 is 1. The summed E-state index contributed by atoms with van der Waals surface area (Å²) in [6.45, 7) is 1.56. The lowest BCUT2D eigenvalue weighted by Gasteiger charge is -2.22. The molecule has 0 radical (unpaired) electrons. The van der Waals surface area contributed by atoms with E-state index in [-0.39, 0.29) is 12.5 Å². The van der Waals surface area contributed by atoms with E-state index >= 15 is 0 Å². The van der Waals surface area contributed by atoms with Gasteiger partial charge in [-0.3, -0.25) is 14.4 Å². The number of hydrogen-bond acceptors (Lipinski definition) is 4. The van der Waals surface area contributed by atoms with Crippen LogP contribution in [0.25, 0.3) is 0 Å². The van der Waals surface area contributed by atoms with Crippen molar-refractivity contribution in [3.05, 3.63) is 71.8 Å². The van der Waals surface area contributed by atoms with Gasteiger partial charge in [0.25, 0.3) is 0 Å². The fourth-order valence-corrected chi connectivity index (χ4v) is 2.75. The van der Waals surface area contributed by atoms with Crippen LogP contribution in [0.5, 0.6) is 0 Å². The first-order valence-corrected chi connectivity index (χ1v) is 8.81. The number of hydrogen-bond donors (Lipinski definition) is 2. The molecule has 2 amide bonds. The molecule has 0 heterocycles. The topological polar surface area (TPSA) is 84.5 Å². The van der Waals surface area contributed by atoms with Crippen LogP contribution in [0.3, 0.4) is 0 Å². The van der Waals surface area contributed by atoms with Crippen LogP contribution in [0, 0.1) is 0 Å². The summed E-state index contributed by atoms with van der Waals surface area (Å²) < 4.78 is 4.51. The van der Waals surface area contributed by atoms with Gasteiger partial charge < -0.3 is 15.4 Å². The number of rotatable bonds is 8. The first-order valence-electron chi connectivity index (χ1n) is 8.81. The van der Waals surface area contributed by atoms with Gasteiger partial charge in [0.15, 0.2) is 0 Å². The molecule has 1 atom stereocenters. The zero-order valence-electron chi connectivity index (χ0n) is 15.5. The van der Waals surface area contributed by atoms with E-state index in [1.807, 2.05) is 60.7 Å². The van der Waals surface area contributed by atoms with Gasteiger partial charge in [0.1, 0.15) is 12.6 Å². The van der Waals surface area contributed by atoms with Crippen molar-refractivity contribution in [1.29, 1.82) is 0 Å². The second kappa shape index (κ2) is 10.1. The van der Waals surface area contributed by atoms with Crippen molar-refractivity contribution in [1.82, 2.24) is 10.6 Å². The monoisotopic (exact) mass is 368 g/mol. The summed E-state index contributed by atoms with van der Waals surface area (Å²) in [6, 6.07) is 18.1. The predicted molar refractivity (Wildman–Crippen MR) is 102 cm³/mol. The van der Waals surface area contributed by atoms with Crippen molar-refractivity contribution in [2.24, 2.45) is 0 Å². The Hall–Kier alpha value is -3.15. The Kier molecular flexibility index (Phi) is 7.55. The second-order valence-electron chi connectivity index (χ2n) is 6.02. The summed E-state index contributed by atoms with van der Waals surface area (Å²) in [5.74, 6) is -1.77. The van der Waals surface area contributed by atoms with E-state index in [4.69, 9.17) is 0 Å². The predicted octanol–water partition coefficient (Wildman–Crippen LogP) is 2.00. The van der Waals surface area contributed by atoms with E-state index in [2.05, 4.69) is 15.4 Å². The Morgan fingerprint density at radius 3 is 1.85 bits per heavy atom. The highest BCUT2D eigenvalue weighted by atomic mass is 16.5. The summed E-state index contributed by atoms with van der Waals surface area (Å²) in [6.07, 6.45) is 0.398. The van der Waals surface area contributed by atoms with Crippen molar-refractivity contribution in [3.8, 4) is 0 Å². The molecule has 142 valence electrons. The van der Waals surface area contributed by atoms with E-state index in [0.29, 0.717) is 6.42 Å². The summed E-state index contributed by atoms with van der Waals surface area (Å²) in [5.41, 5.74) is 1.68. The van der Waals surface area contributed by atoms with Crippen LogP contribution in [-0.4, -0.2) is 37.5 Å². The summed E-state index contributed by atoms with van der Waals surface area (Å²) in [4.78, 5) is 36.5. The third-order valence-corrected chi connectivity index (χ3v) is 4.20. The molecule has 27 heavy (non-hydrogen) atoms. The lowest BCUT2D eigenvalue weighted by atomic mass is 9.90. The highest BCUT2D eigenvalue weighted by Gasteiger charge is 2.27. The van der Waals surface area contributed by atoms with E-state index in [0.717, 1.165) is 11.1 Å². The molecule has 2 rings (SSSR count). The fraction of sp³-hybridized carbons (Fsp3) is 0.286. The van der Waals surface area contributed by atoms with Gasteiger partial charge in [-0.15, -0.1) is 0 Å². The number of benzene rings is 2. The maximum absolute atomic E-state index is 13.0. The Balaban J connectivity index is 2.17. The zero-order valence-corrected chi connectivity index (χ0v) is 15.5. The van der Waals surface area contributed by atoms with Crippen LogP contribution in [-0.2, 0) is 19.1 Å². The van der Waals surface area contributed by atoms with E-state index in [1.165, 1.54) is 7.11 Å². The van der Waals surface area contributed by atoms with Crippen molar-refractivity contribution in [2.75, 3.05) is 13.7 Å². The van der Waals surface area contributed by atoms with Crippen molar-refractivity contribution >= 4 is 17.8 Å². The van der Waals surface area contributed by atoms with Crippen LogP contribution in [0.2, 0.25) is 0 Å². The molecule has 0 saturated carbocycles. The van der Waals surface area contributed by atoms with Crippen molar-refractivity contribution in [3.63, 3.8) is 0 Å². The lowest BCUT2D eigenvalue weighted by Crippen LogP contribution is -2.48. The smallest absolute Gasteiger partial charge is 0.325 e. The van der Waals surface area contributed by atoms with Gasteiger partial charge in [0, 0.05) is 0 Å². The molecule has 0 fully saturated rings. The van der Waals surface area contributed by atoms with Gasteiger partial charge in [0.2, 0.25) is 11.8 Å². The van der Waals surface area contributed by atoms with Gasteiger partial charge in [-0.05, 0) is 17.5 Å². The molecule has 2 aromatic carbocycles. The fourth-order valence-electron chi connectivity index (χ4n) is 2.75. The van der Waals surface area contributed by atoms with Gasteiger partial charge >= 0.3 is 5.97 Å². The first-order chi connectivity index (χ1) is 13.1. The van der Waals surface area contributed by atoms with Gasteiger partial charge in [-0.1, -0.05) is 67.6 Å². The Morgan fingerprint density at radius 2 is 1.41 bits per heavy atom. The SMILES string of the molecule is CCC(NC(=O)C(c1ccccc1)c1ccccc1)C(=O)NCC(=O)OC. The number of carbonyl (C=O) groups excluding carboxylic acids is 3. The largest absolute Gasteiger partial charge is 0.468 e. The third kappa shape index (κ3) is 5.67. The summed E-state index contributed by atoms with van der Waals surface area (Å²) in [7, 11) is 1.25. The number of nitrogens with one attached hydrogen (secondary N) is 2. The van der Waals surface area contributed by atoms with Crippen molar-refractivity contribution < 1.29 is 19.1 Å². The molecule has 0 bridgehead atoms. The minimum absolute atomic E-state index is 0.234. The molecule has 0 aliphatic carbocycles. The molecule has 0 spiro atoms. The molecule has 1 unspecified atom stereocenters. The van der Waals surface area contributed by atoms with Crippen LogP contribution in [0.15, 0.2) is 60.7 Å². The van der Waals surface area contributed by atoms with Crippen LogP contribution in [0.1, 0.15) is 30.4 Å². The average molecular weight is 368 g/mol. The molecule has 6 heteroatoms. The molecule has 0 saturated heterocycles. The molecule has 2 aromatic rings. The van der Waals surface area contributed by atoms with E-state index in [9.17, 15) is 14.4 Å². The third-order valence-electron chi connectivity index (χ3n) is 4.20. The molecular formula is C21H24N2O4. The molecule has 2 N–H and O–H groups in total. The quantitative estimate of drug-likeness (QED) is 0.698. The summed E-state index contributed by atoms with van der Waals surface area (Å²) in [5, 5.41) is 5.28.